The highest BCUT2D eigenvalue weighted by atomic mass is 16.6. The summed E-state index contributed by atoms with van der Waals surface area (Å²) in [7, 11) is 1.56. The highest BCUT2D eigenvalue weighted by Gasteiger charge is 2.34. The van der Waals surface area contributed by atoms with Crippen molar-refractivity contribution in [3.63, 3.8) is 0 Å². The molecule has 0 radical (unpaired) electrons. The van der Waals surface area contributed by atoms with Gasteiger partial charge in [0.15, 0.2) is 12.0 Å². The summed E-state index contributed by atoms with van der Waals surface area (Å²) in [5, 5.41) is 0. The fraction of sp³-hybridized carbons (Fsp3) is 0.633. The Balaban J connectivity index is 1.72. The molecule has 2 heterocycles. The maximum atomic E-state index is 12.7. The van der Waals surface area contributed by atoms with Gasteiger partial charge in [0.05, 0.1) is 20.3 Å². The molecule has 1 saturated heterocycles. The standard InChI is InChI=1S/C30H43NO8/c1-6-7-8-9-10-25(32)39-29-23(28(35-5)21(3)24-19-37-30(34)27(24)29)13-11-20(2)12-14-26(33)38-22(4)31-15-17-36-18-16-31/h11,22H,6-10,12-19H2,1-5H3/b20-11+. The summed E-state index contributed by atoms with van der Waals surface area (Å²) in [6, 6.07) is 0. The molecule has 9 heteroatoms. The zero-order valence-corrected chi connectivity index (χ0v) is 24.1. The van der Waals surface area contributed by atoms with Gasteiger partial charge < -0.3 is 23.7 Å². The van der Waals surface area contributed by atoms with E-state index in [1.807, 2.05) is 26.8 Å². The SMILES string of the molecule is CCCCCCC(=O)Oc1c(C/C=C(\C)CCC(=O)OC(C)N2CCOCC2)c(OC)c(C)c2c1C(=O)OC2. The van der Waals surface area contributed by atoms with Crippen molar-refractivity contribution in [2.24, 2.45) is 0 Å². The number of hydrogen-bond donors (Lipinski definition) is 0. The Morgan fingerprint density at radius 3 is 2.49 bits per heavy atom. The van der Waals surface area contributed by atoms with Crippen molar-refractivity contribution < 1.29 is 38.1 Å². The first kappa shape index (κ1) is 30.6. The molecule has 0 amide bonds. The summed E-state index contributed by atoms with van der Waals surface area (Å²) in [6.07, 6.45) is 6.92. The average molecular weight is 546 g/mol. The van der Waals surface area contributed by atoms with Crippen LogP contribution in [0, 0.1) is 6.92 Å². The van der Waals surface area contributed by atoms with Crippen molar-refractivity contribution in [2.75, 3.05) is 33.4 Å². The lowest BCUT2D eigenvalue weighted by atomic mass is 9.94. The molecule has 1 aromatic rings. The third-order valence-corrected chi connectivity index (χ3v) is 7.32. The Morgan fingerprint density at radius 2 is 1.79 bits per heavy atom. The van der Waals surface area contributed by atoms with Crippen LogP contribution < -0.4 is 9.47 Å². The van der Waals surface area contributed by atoms with Gasteiger partial charge in [-0.05, 0) is 45.6 Å². The van der Waals surface area contributed by atoms with Crippen molar-refractivity contribution in [2.45, 2.75) is 91.9 Å². The second-order valence-electron chi connectivity index (χ2n) is 10.2. The molecule has 0 spiro atoms. The Morgan fingerprint density at radius 1 is 1.05 bits per heavy atom. The van der Waals surface area contributed by atoms with E-state index in [4.69, 9.17) is 23.7 Å². The van der Waals surface area contributed by atoms with Crippen molar-refractivity contribution in [3.8, 4) is 11.5 Å². The smallest absolute Gasteiger partial charge is 0.342 e. The minimum absolute atomic E-state index is 0.123. The van der Waals surface area contributed by atoms with Crippen LogP contribution in [-0.4, -0.2) is 62.4 Å². The summed E-state index contributed by atoms with van der Waals surface area (Å²) in [4.78, 5) is 39.9. The van der Waals surface area contributed by atoms with E-state index >= 15 is 0 Å². The molecule has 39 heavy (non-hydrogen) atoms. The predicted molar refractivity (Wildman–Crippen MR) is 146 cm³/mol. The summed E-state index contributed by atoms with van der Waals surface area (Å²) in [5.41, 5.74) is 3.38. The van der Waals surface area contributed by atoms with Gasteiger partial charge in [-0.25, -0.2) is 4.79 Å². The second kappa shape index (κ2) is 15.0. The van der Waals surface area contributed by atoms with Crippen molar-refractivity contribution >= 4 is 17.9 Å². The minimum Gasteiger partial charge on any atom is -0.496 e. The fourth-order valence-electron chi connectivity index (χ4n) is 4.93. The molecule has 1 fully saturated rings. The van der Waals surface area contributed by atoms with Gasteiger partial charge in [-0.1, -0.05) is 37.8 Å². The second-order valence-corrected chi connectivity index (χ2v) is 10.2. The number of hydrogen-bond acceptors (Lipinski definition) is 9. The van der Waals surface area contributed by atoms with Gasteiger partial charge >= 0.3 is 17.9 Å². The number of carbonyl (C=O) groups excluding carboxylic acids is 3. The zero-order chi connectivity index (χ0) is 28.4. The molecule has 9 nitrogen and oxygen atoms in total. The lowest BCUT2D eigenvalue weighted by Crippen LogP contribution is -2.44. The molecule has 2 aliphatic rings. The molecule has 216 valence electrons. The molecular formula is C30H43NO8. The third kappa shape index (κ3) is 8.29. The highest BCUT2D eigenvalue weighted by molar-refractivity contribution is 5.99. The molecule has 1 unspecified atom stereocenters. The zero-order valence-electron chi connectivity index (χ0n) is 24.1. The Hall–Kier alpha value is -2.91. The van der Waals surface area contributed by atoms with Gasteiger partial charge in [0, 0.05) is 37.1 Å². The number of unbranched alkanes of at least 4 members (excludes halogenated alkanes) is 3. The number of allylic oxidation sites excluding steroid dienone is 2. The molecule has 2 aliphatic heterocycles. The maximum absolute atomic E-state index is 12.7. The number of carbonyl (C=O) groups is 3. The van der Waals surface area contributed by atoms with Crippen LogP contribution in [-0.2, 0) is 36.8 Å². The van der Waals surface area contributed by atoms with Gasteiger partial charge in [-0.3, -0.25) is 14.5 Å². The molecule has 0 aromatic heterocycles. The van der Waals surface area contributed by atoms with Crippen molar-refractivity contribution in [1.29, 1.82) is 0 Å². The summed E-state index contributed by atoms with van der Waals surface area (Å²) in [5.74, 6) is -0.336. The summed E-state index contributed by atoms with van der Waals surface area (Å²) < 4.78 is 27.8. The van der Waals surface area contributed by atoms with E-state index in [9.17, 15) is 14.4 Å². The molecular weight excluding hydrogens is 502 g/mol. The number of ether oxygens (including phenoxy) is 5. The Kier molecular flexibility index (Phi) is 11.8. The number of benzene rings is 1. The first-order valence-electron chi connectivity index (χ1n) is 14.0. The van der Waals surface area contributed by atoms with Crippen LogP contribution in [0.5, 0.6) is 11.5 Å². The quantitative estimate of drug-likeness (QED) is 0.138. The van der Waals surface area contributed by atoms with Crippen LogP contribution in [0.3, 0.4) is 0 Å². The molecule has 1 aromatic carbocycles. The number of methoxy groups -OCH3 is 1. The Bertz CT molecular complexity index is 1060. The van der Waals surface area contributed by atoms with Crippen LogP contribution >= 0.6 is 0 Å². The number of cyclic esters (lactones) is 1. The van der Waals surface area contributed by atoms with Gasteiger partial charge in [-0.15, -0.1) is 0 Å². The monoisotopic (exact) mass is 545 g/mol. The van der Waals surface area contributed by atoms with E-state index in [1.54, 1.807) is 7.11 Å². The van der Waals surface area contributed by atoms with Crippen molar-refractivity contribution in [1.82, 2.24) is 4.90 Å². The minimum atomic E-state index is -0.497. The van der Waals surface area contributed by atoms with Crippen molar-refractivity contribution in [3.05, 3.63) is 33.9 Å². The lowest BCUT2D eigenvalue weighted by Gasteiger charge is -2.31. The van der Waals surface area contributed by atoms with Gasteiger partial charge in [0.1, 0.15) is 17.9 Å². The average Bonchev–Trinajstić information content (AvgIpc) is 3.32. The van der Waals surface area contributed by atoms with E-state index in [-0.39, 0.29) is 43.4 Å². The summed E-state index contributed by atoms with van der Waals surface area (Å²) >= 11 is 0. The van der Waals surface area contributed by atoms with Gasteiger partial charge in [0.25, 0.3) is 0 Å². The maximum Gasteiger partial charge on any atom is 0.342 e. The van der Waals surface area contributed by atoms with E-state index in [1.165, 1.54) is 0 Å². The molecule has 0 saturated carbocycles. The molecule has 1 atom stereocenters. The number of morpholine rings is 1. The van der Waals surface area contributed by atoms with E-state index in [0.29, 0.717) is 48.5 Å². The van der Waals surface area contributed by atoms with Crippen LogP contribution in [0.25, 0.3) is 0 Å². The first-order valence-corrected chi connectivity index (χ1v) is 14.0. The summed E-state index contributed by atoms with van der Waals surface area (Å²) in [6.45, 7) is 10.7. The number of nitrogens with zero attached hydrogens (tertiary/aromatic N) is 1. The fourth-order valence-corrected chi connectivity index (χ4v) is 4.93. The topological polar surface area (TPSA) is 101 Å². The number of rotatable bonds is 14. The van der Waals surface area contributed by atoms with Gasteiger partial charge in [-0.2, -0.15) is 0 Å². The van der Waals surface area contributed by atoms with Crippen LogP contribution in [0.15, 0.2) is 11.6 Å². The lowest BCUT2D eigenvalue weighted by molar-refractivity contribution is -0.161. The van der Waals surface area contributed by atoms with Crippen LogP contribution in [0.2, 0.25) is 0 Å². The normalized spacial score (nSPS) is 16.4. The molecule has 0 N–H and O–H groups in total. The molecule has 3 rings (SSSR count). The molecule has 0 aliphatic carbocycles. The van der Waals surface area contributed by atoms with Crippen LogP contribution in [0.1, 0.15) is 92.8 Å². The third-order valence-electron chi connectivity index (χ3n) is 7.32. The number of fused-ring (bicyclic) bond motifs is 1. The Labute approximate surface area is 231 Å². The largest absolute Gasteiger partial charge is 0.496 e. The number of esters is 3. The molecule has 0 bridgehead atoms. The van der Waals surface area contributed by atoms with E-state index < -0.39 is 5.97 Å². The first-order chi connectivity index (χ1) is 18.8. The van der Waals surface area contributed by atoms with Gasteiger partial charge in [0.2, 0.25) is 0 Å². The predicted octanol–water partition coefficient (Wildman–Crippen LogP) is 5.04. The van der Waals surface area contributed by atoms with E-state index in [0.717, 1.165) is 49.9 Å². The highest BCUT2D eigenvalue weighted by Crippen LogP contribution is 2.43. The van der Waals surface area contributed by atoms with Crippen LogP contribution in [0.4, 0.5) is 0 Å². The van der Waals surface area contributed by atoms with E-state index in [2.05, 4.69) is 11.8 Å².